The lowest BCUT2D eigenvalue weighted by molar-refractivity contribution is -0.115. The molecular formula is C21H26N8O2. The second-order valence-corrected chi connectivity index (χ2v) is 8.56. The normalized spacial score (nSPS) is 22.6. The van der Waals surface area contributed by atoms with E-state index < -0.39 is 11.9 Å². The number of carbonyl (C=O) groups excluding carboxylic acids is 2. The summed E-state index contributed by atoms with van der Waals surface area (Å²) in [6, 6.07) is 1.83. The maximum atomic E-state index is 11.8. The van der Waals surface area contributed by atoms with Gasteiger partial charge in [0.15, 0.2) is 5.65 Å². The van der Waals surface area contributed by atoms with Crippen LogP contribution in [0.4, 0.5) is 10.7 Å². The van der Waals surface area contributed by atoms with Crippen molar-refractivity contribution in [3.63, 3.8) is 0 Å². The van der Waals surface area contributed by atoms with Crippen LogP contribution < -0.4 is 21.6 Å². The Morgan fingerprint density at radius 3 is 2.68 bits per heavy atom. The summed E-state index contributed by atoms with van der Waals surface area (Å²) in [6.07, 6.45) is 11.6. The lowest BCUT2D eigenvalue weighted by atomic mass is 9.85. The molecule has 2 saturated carbocycles. The highest BCUT2D eigenvalue weighted by molar-refractivity contribution is 6.13. The largest absolute Gasteiger partial charge is 0.351 e. The highest BCUT2D eigenvalue weighted by Crippen LogP contribution is 2.27. The van der Waals surface area contributed by atoms with Gasteiger partial charge in [0, 0.05) is 11.6 Å². The Kier molecular flexibility index (Phi) is 5.13. The smallest absolute Gasteiger partial charge is 0.326 e. The van der Waals surface area contributed by atoms with Gasteiger partial charge < -0.3 is 10.6 Å². The van der Waals surface area contributed by atoms with Crippen LogP contribution in [0.25, 0.3) is 11.7 Å². The van der Waals surface area contributed by atoms with Crippen LogP contribution in [0.5, 0.6) is 0 Å². The number of fused-ring (bicyclic) bond motifs is 1. The Bertz CT molecular complexity index is 1130. The molecular weight excluding hydrogens is 396 g/mol. The van der Waals surface area contributed by atoms with Gasteiger partial charge in [-0.05, 0) is 50.7 Å². The molecule has 3 aliphatic rings. The van der Waals surface area contributed by atoms with E-state index in [4.69, 9.17) is 4.99 Å². The topological polar surface area (TPSA) is 126 Å². The summed E-state index contributed by atoms with van der Waals surface area (Å²) in [5.41, 5.74) is 1.93. The highest BCUT2D eigenvalue weighted by atomic mass is 16.2. The molecule has 1 atom stereocenters. The van der Waals surface area contributed by atoms with Crippen molar-refractivity contribution in [2.75, 3.05) is 5.32 Å². The first-order valence-electron chi connectivity index (χ1n) is 11.0. The molecule has 1 aliphatic heterocycles. The molecule has 3 amide bonds. The van der Waals surface area contributed by atoms with Crippen molar-refractivity contribution in [2.45, 2.75) is 64.0 Å². The van der Waals surface area contributed by atoms with Crippen molar-refractivity contribution in [1.82, 2.24) is 30.2 Å². The minimum atomic E-state index is -0.532. The molecule has 3 N–H and O–H groups in total. The first kappa shape index (κ1) is 19.7. The quantitative estimate of drug-likeness (QED) is 0.498. The van der Waals surface area contributed by atoms with E-state index in [1.807, 2.05) is 6.07 Å². The summed E-state index contributed by atoms with van der Waals surface area (Å²) in [5, 5.41) is 12.6. The van der Waals surface area contributed by atoms with E-state index in [1.54, 1.807) is 16.8 Å². The molecule has 162 valence electrons. The first-order chi connectivity index (χ1) is 15.0. The van der Waals surface area contributed by atoms with Crippen molar-refractivity contribution >= 4 is 29.6 Å². The molecule has 0 spiro atoms. The van der Waals surface area contributed by atoms with Crippen LogP contribution in [0.2, 0.25) is 0 Å². The molecule has 2 aliphatic carbocycles. The molecule has 0 aromatic carbocycles. The van der Waals surface area contributed by atoms with Crippen LogP contribution in [0, 0.1) is 5.92 Å². The molecule has 10 nitrogen and oxygen atoms in total. The van der Waals surface area contributed by atoms with Gasteiger partial charge in [0.1, 0.15) is 5.70 Å². The van der Waals surface area contributed by atoms with Crippen LogP contribution in [-0.4, -0.2) is 43.6 Å². The Morgan fingerprint density at radius 2 is 1.97 bits per heavy atom. The number of nitrogens with one attached hydrogen (secondary N) is 3. The third-order valence-electron chi connectivity index (χ3n) is 6.04. The molecule has 0 bridgehead atoms. The van der Waals surface area contributed by atoms with Gasteiger partial charge in [-0.15, -0.1) is 0 Å². The summed E-state index contributed by atoms with van der Waals surface area (Å²) in [6.45, 7) is 2.19. The van der Waals surface area contributed by atoms with Crippen molar-refractivity contribution in [2.24, 2.45) is 10.9 Å². The van der Waals surface area contributed by atoms with E-state index in [-0.39, 0.29) is 17.8 Å². The minimum Gasteiger partial charge on any atom is -0.351 e. The molecule has 3 heterocycles. The fraction of sp³-hybridized carbons (Fsp3) is 0.524. The SMILES string of the molecule is CC(Nc1nc(=NC2CC2)n2ncc(/C=C3\NC(=O)NC3=O)cc2n1)C1CCCCC1. The lowest BCUT2D eigenvalue weighted by Gasteiger charge is -2.28. The summed E-state index contributed by atoms with van der Waals surface area (Å²) in [7, 11) is 0. The number of aromatic nitrogens is 4. The molecule has 10 heteroatoms. The van der Waals surface area contributed by atoms with E-state index in [1.165, 1.54) is 32.1 Å². The summed E-state index contributed by atoms with van der Waals surface area (Å²) < 4.78 is 1.62. The molecule has 31 heavy (non-hydrogen) atoms. The number of rotatable bonds is 5. The molecule has 1 unspecified atom stereocenters. The Labute approximate surface area is 179 Å². The maximum absolute atomic E-state index is 11.8. The summed E-state index contributed by atoms with van der Waals surface area (Å²) in [5.74, 6) is 0.688. The zero-order valence-electron chi connectivity index (χ0n) is 17.5. The molecule has 2 aromatic rings. The van der Waals surface area contributed by atoms with Gasteiger partial charge in [-0.3, -0.25) is 10.1 Å². The molecule has 0 radical (unpaired) electrons. The average Bonchev–Trinajstić information content (AvgIpc) is 3.51. The minimum absolute atomic E-state index is 0.178. The van der Waals surface area contributed by atoms with Gasteiger partial charge in [0.05, 0.1) is 12.2 Å². The third-order valence-corrected chi connectivity index (χ3v) is 6.04. The number of hydrogen-bond acceptors (Lipinski definition) is 7. The number of anilines is 1. The third kappa shape index (κ3) is 4.42. The zero-order valence-corrected chi connectivity index (χ0v) is 17.5. The van der Waals surface area contributed by atoms with Gasteiger partial charge in [-0.2, -0.15) is 19.6 Å². The maximum Gasteiger partial charge on any atom is 0.326 e. The van der Waals surface area contributed by atoms with Crippen molar-refractivity contribution in [3.05, 3.63) is 29.1 Å². The number of nitrogens with zero attached hydrogens (tertiary/aromatic N) is 5. The number of hydrogen-bond donors (Lipinski definition) is 3. The van der Waals surface area contributed by atoms with Crippen LogP contribution in [0.15, 0.2) is 23.0 Å². The van der Waals surface area contributed by atoms with E-state index in [9.17, 15) is 9.59 Å². The van der Waals surface area contributed by atoms with E-state index in [0.717, 1.165) is 12.8 Å². The van der Waals surface area contributed by atoms with Gasteiger partial charge in [-0.25, -0.2) is 9.79 Å². The first-order valence-corrected chi connectivity index (χ1v) is 11.0. The predicted octanol–water partition coefficient (Wildman–Crippen LogP) is 1.75. The fourth-order valence-electron chi connectivity index (χ4n) is 4.14. The van der Waals surface area contributed by atoms with E-state index >= 15 is 0 Å². The zero-order chi connectivity index (χ0) is 21.4. The van der Waals surface area contributed by atoms with Crippen molar-refractivity contribution < 1.29 is 9.59 Å². The highest BCUT2D eigenvalue weighted by Gasteiger charge is 2.24. The second kappa shape index (κ2) is 8.09. The van der Waals surface area contributed by atoms with Crippen LogP contribution >= 0.6 is 0 Å². The molecule has 3 fully saturated rings. The Balaban J connectivity index is 1.49. The van der Waals surface area contributed by atoms with Gasteiger partial charge in [-0.1, -0.05) is 19.3 Å². The van der Waals surface area contributed by atoms with Crippen molar-refractivity contribution in [3.8, 4) is 0 Å². The van der Waals surface area contributed by atoms with E-state index in [2.05, 4.69) is 37.9 Å². The molecule has 5 rings (SSSR count). The average molecular weight is 422 g/mol. The van der Waals surface area contributed by atoms with Gasteiger partial charge >= 0.3 is 6.03 Å². The number of urea groups is 1. The van der Waals surface area contributed by atoms with Crippen LogP contribution in [0.3, 0.4) is 0 Å². The van der Waals surface area contributed by atoms with Gasteiger partial charge in [0.25, 0.3) is 11.5 Å². The van der Waals surface area contributed by atoms with Crippen LogP contribution in [0.1, 0.15) is 57.4 Å². The van der Waals surface area contributed by atoms with Gasteiger partial charge in [0.2, 0.25) is 5.95 Å². The fourth-order valence-corrected chi connectivity index (χ4v) is 4.14. The van der Waals surface area contributed by atoms with E-state index in [0.29, 0.717) is 28.7 Å². The summed E-state index contributed by atoms with van der Waals surface area (Å²) >= 11 is 0. The number of carbonyl (C=O) groups is 2. The molecule has 1 saturated heterocycles. The monoisotopic (exact) mass is 422 g/mol. The predicted molar refractivity (Wildman–Crippen MR) is 114 cm³/mol. The summed E-state index contributed by atoms with van der Waals surface area (Å²) in [4.78, 5) is 37.2. The van der Waals surface area contributed by atoms with Crippen molar-refractivity contribution in [1.29, 1.82) is 0 Å². The second-order valence-electron chi connectivity index (χ2n) is 8.56. The molecule has 2 aromatic heterocycles. The lowest BCUT2D eigenvalue weighted by Crippen LogP contribution is -2.31. The standard InChI is InChI=1S/C21H26N8O2/c1-12(14-5-3-2-4-6-14)23-19-26-17-10-13(9-16-18(30)27-21(31)25-16)11-22-29(17)20(28-19)24-15-7-8-15/h9-12,14-15H,2-8H2,1H3,(H,23,24,28)(H2,25,27,30,31)/b16-9-. The Hall–Kier alpha value is -3.30. The number of amides is 3. The Morgan fingerprint density at radius 1 is 1.16 bits per heavy atom. The van der Waals surface area contributed by atoms with Crippen LogP contribution in [-0.2, 0) is 4.79 Å². The number of imide groups is 1.